The van der Waals surface area contributed by atoms with Crippen LogP contribution in [-0.2, 0) is 6.54 Å². The molecule has 1 aliphatic heterocycles. The number of nitrogens with one attached hydrogen (secondary N) is 1. The molecule has 1 amide bonds. The number of hydrogen-bond acceptors (Lipinski definition) is 3. The summed E-state index contributed by atoms with van der Waals surface area (Å²) in [6, 6.07) is 17.8. The summed E-state index contributed by atoms with van der Waals surface area (Å²) in [5.41, 5.74) is 2.89. The van der Waals surface area contributed by atoms with Gasteiger partial charge in [0, 0.05) is 36.3 Å². The van der Waals surface area contributed by atoms with Crippen LogP contribution >= 0.6 is 11.6 Å². The summed E-state index contributed by atoms with van der Waals surface area (Å²) in [5.74, 6) is 0.662. The standard InChI is InChI=1S/C23H25ClN4O/c1-17-5-2-3-8-21(17)23(29)26-22-9-12-25-28(22)20-10-13-27(14-11-20)16-18-6-4-7-19(24)15-18/h2-9,12,15,20H,10-11,13-14,16H2,1H3,(H,26,29). The molecule has 6 heteroatoms. The summed E-state index contributed by atoms with van der Waals surface area (Å²) in [6.07, 6.45) is 3.75. The Morgan fingerprint density at radius 2 is 1.93 bits per heavy atom. The largest absolute Gasteiger partial charge is 0.307 e. The minimum atomic E-state index is -0.0942. The number of halogens is 1. The van der Waals surface area contributed by atoms with Crippen LogP contribution < -0.4 is 5.32 Å². The molecule has 29 heavy (non-hydrogen) atoms. The number of likely N-dealkylation sites (tertiary alicyclic amines) is 1. The van der Waals surface area contributed by atoms with Crippen molar-refractivity contribution in [1.82, 2.24) is 14.7 Å². The van der Waals surface area contributed by atoms with Crippen LogP contribution in [0, 0.1) is 6.92 Å². The lowest BCUT2D eigenvalue weighted by atomic mass is 10.0. The second kappa shape index (κ2) is 8.80. The molecule has 150 valence electrons. The number of piperidine rings is 1. The van der Waals surface area contributed by atoms with Crippen LogP contribution in [0.15, 0.2) is 60.8 Å². The molecule has 1 aromatic heterocycles. The molecule has 1 N–H and O–H groups in total. The van der Waals surface area contributed by atoms with E-state index in [-0.39, 0.29) is 11.9 Å². The van der Waals surface area contributed by atoms with Gasteiger partial charge in [-0.3, -0.25) is 9.69 Å². The summed E-state index contributed by atoms with van der Waals surface area (Å²) in [5, 5.41) is 8.31. The smallest absolute Gasteiger partial charge is 0.257 e. The number of rotatable bonds is 5. The lowest BCUT2D eigenvalue weighted by molar-refractivity contribution is 0.102. The third kappa shape index (κ3) is 4.69. The van der Waals surface area contributed by atoms with Crippen LogP contribution in [0.5, 0.6) is 0 Å². The van der Waals surface area contributed by atoms with Crippen molar-refractivity contribution in [3.05, 3.63) is 82.5 Å². The van der Waals surface area contributed by atoms with Gasteiger partial charge in [0.1, 0.15) is 5.82 Å². The molecule has 0 unspecified atom stereocenters. The Labute approximate surface area is 176 Å². The number of hydrogen-bond donors (Lipinski definition) is 1. The molecule has 1 saturated heterocycles. The SMILES string of the molecule is Cc1ccccc1C(=O)Nc1ccnn1C1CCN(Cc2cccc(Cl)c2)CC1. The van der Waals surface area contributed by atoms with E-state index in [1.165, 1.54) is 5.56 Å². The van der Waals surface area contributed by atoms with Crippen molar-refractivity contribution in [2.24, 2.45) is 0 Å². The average Bonchev–Trinajstić information content (AvgIpc) is 3.17. The van der Waals surface area contributed by atoms with Crippen molar-refractivity contribution >= 4 is 23.3 Å². The quantitative estimate of drug-likeness (QED) is 0.650. The molecule has 2 heterocycles. The first-order valence-electron chi connectivity index (χ1n) is 9.97. The number of amides is 1. The van der Waals surface area contributed by atoms with Gasteiger partial charge >= 0.3 is 0 Å². The van der Waals surface area contributed by atoms with Crippen LogP contribution in [0.3, 0.4) is 0 Å². The Morgan fingerprint density at radius 3 is 2.69 bits per heavy atom. The van der Waals surface area contributed by atoms with Gasteiger partial charge in [-0.25, -0.2) is 4.68 Å². The molecular weight excluding hydrogens is 384 g/mol. The summed E-state index contributed by atoms with van der Waals surface area (Å²) in [7, 11) is 0. The van der Waals surface area contributed by atoms with Crippen LogP contribution in [0.4, 0.5) is 5.82 Å². The molecule has 4 rings (SSSR count). The van der Waals surface area contributed by atoms with Gasteiger partial charge in [0.25, 0.3) is 5.91 Å². The summed E-state index contributed by atoms with van der Waals surface area (Å²) in [6.45, 7) is 4.83. The molecule has 1 aliphatic rings. The van der Waals surface area contributed by atoms with Gasteiger partial charge in [0.15, 0.2) is 0 Å². The first-order valence-corrected chi connectivity index (χ1v) is 10.4. The second-order valence-electron chi connectivity index (χ2n) is 7.57. The highest BCUT2D eigenvalue weighted by molar-refractivity contribution is 6.30. The van der Waals surface area contributed by atoms with Crippen LogP contribution in [0.2, 0.25) is 5.02 Å². The maximum absolute atomic E-state index is 12.7. The van der Waals surface area contributed by atoms with Crippen molar-refractivity contribution in [2.45, 2.75) is 32.4 Å². The summed E-state index contributed by atoms with van der Waals surface area (Å²) >= 11 is 6.10. The third-order valence-electron chi connectivity index (χ3n) is 5.50. The van der Waals surface area contributed by atoms with Gasteiger partial charge in [-0.05, 0) is 49.1 Å². The molecule has 0 atom stereocenters. The maximum Gasteiger partial charge on any atom is 0.257 e. The van der Waals surface area contributed by atoms with Crippen molar-refractivity contribution < 1.29 is 4.79 Å². The fraction of sp³-hybridized carbons (Fsp3) is 0.304. The lowest BCUT2D eigenvalue weighted by Gasteiger charge is -2.32. The molecule has 3 aromatic rings. The van der Waals surface area contributed by atoms with Crippen LogP contribution in [-0.4, -0.2) is 33.7 Å². The Hall–Kier alpha value is -2.63. The van der Waals surface area contributed by atoms with E-state index < -0.39 is 0 Å². The van der Waals surface area contributed by atoms with Gasteiger partial charge in [-0.1, -0.05) is 41.9 Å². The summed E-state index contributed by atoms with van der Waals surface area (Å²) in [4.78, 5) is 15.1. The van der Waals surface area contributed by atoms with E-state index >= 15 is 0 Å². The number of carbonyl (C=O) groups is 1. The zero-order valence-corrected chi connectivity index (χ0v) is 17.3. The van der Waals surface area contributed by atoms with E-state index in [0.717, 1.165) is 48.9 Å². The van der Waals surface area contributed by atoms with Gasteiger partial charge in [0.2, 0.25) is 0 Å². The minimum absolute atomic E-state index is 0.0942. The molecule has 0 radical (unpaired) electrons. The molecule has 0 bridgehead atoms. The zero-order chi connectivity index (χ0) is 20.2. The van der Waals surface area contributed by atoms with Crippen LogP contribution in [0.25, 0.3) is 0 Å². The van der Waals surface area contributed by atoms with E-state index in [0.29, 0.717) is 5.56 Å². The molecule has 0 spiro atoms. The van der Waals surface area contributed by atoms with Gasteiger partial charge in [-0.15, -0.1) is 0 Å². The highest BCUT2D eigenvalue weighted by atomic mass is 35.5. The monoisotopic (exact) mass is 408 g/mol. The topological polar surface area (TPSA) is 50.2 Å². The molecule has 5 nitrogen and oxygen atoms in total. The van der Waals surface area contributed by atoms with Gasteiger partial charge in [0.05, 0.1) is 12.2 Å². The Bertz CT molecular complexity index is 992. The minimum Gasteiger partial charge on any atom is -0.307 e. The lowest BCUT2D eigenvalue weighted by Crippen LogP contribution is -2.35. The highest BCUT2D eigenvalue weighted by Gasteiger charge is 2.23. The highest BCUT2D eigenvalue weighted by Crippen LogP contribution is 2.27. The van der Waals surface area contributed by atoms with E-state index in [1.807, 2.05) is 60.1 Å². The molecule has 0 aliphatic carbocycles. The van der Waals surface area contributed by atoms with E-state index in [4.69, 9.17) is 11.6 Å². The molecule has 2 aromatic carbocycles. The number of benzene rings is 2. The first kappa shape index (κ1) is 19.7. The number of anilines is 1. The number of carbonyl (C=O) groups excluding carboxylic acids is 1. The van der Waals surface area contributed by atoms with E-state index in [9.17, 15) is 4.79 Å². The summed E-state index contributed by atoms with van der Waals surface area (Å²) < 4.78 is 1.97. The van der Waals surface area contributed by atoms with Gasteiger partial charge in [-0.2, -0.15) is 5.10 Å². The number of aromatic nitrogens is 2. The molecule has 1 fully saturated rings. The maximum atomic E-state index is 12.7. The fourth-order valence-corrected chi connectivity index (χ4v) is 4.14. The number of nitrogens with zero attached hydrogens (tertiary/aromatic N) is 3. The predicted molar refractivity (Wildman–Crippen MR) is 116 cm³/mol. The van der Waals surface area contributed by atoms with Gasteiger partial charge < -0.3 is 5.32 Å². The third-order valence-corrected chi connectivity index (χ3v) is 5.73. The Morgan fingerprint density at radius 1 is 1.14 bits per heavy atom. The number of aryl methyl sites for hydroxylation is 1. The fourth-order valence-electron chi connectivity index (χ4n) is 3.93. The van der Waals surface area contributed by atoms with Crippen molar-refractivity contribution in [2.75, 3.05) is 18.4 Å². The molecule has 0 saturated carbocycles. The van der Waals surface area contributed by atoms with Crippen LogP contribution in [0.1, 0.15) is 40.4 Å². The van der Waals surface area contributed by atoms with Crippen molar-refractivity contribution in [1.29, 1.82) is 0 Å². The zero-order valence-electron chi connectivity index (χ0n) is 16.5. The predicted octanol–water partition coefficient (Wildman–Crippen LogP) is 4.93. The van der Waals surface area contributed by atoms with Crippen molar-refractivity contribution in [3.8, 4) is 0 Å². The Balaban J connectivity index is 1.38. The average molecular weight is 409 g/mol. The van der Waals surface area contributed by atoms with Crippen molar-refractivity contribution in [3.63, 3.8) is 0 Å². The second-order valence-corrected chi connectivity index (χ2v) is 8.00. The molecular formula is C23H25ClN4O. The first-order chi connectivity index (χ1) is 14.1. The normalized spacial score (nSPS) is 15.4. The Kier molecular flexibility index (Phi) is 5.97. The van der Waals surface area contributed by atoms with E-state index in [2.05, 4.69) is 21.4 Å². The van der Waals surface area contributed by atoms with E-state index in [1.54, 1.807) is 6.20 Å².